The zero-order chi connectivity index (χ0) is 14.3. The third-order valence-electron chi connectivity index (χ3n) is 1.76. The van der Waals surface area contributed by atoms with E-state index >= 15 is 0 Å². The van der Waals surface area contributed by atoms with Crippen molar-refractivity contribution < 1.29 is 29.0 Å². The second kappa shape index (κ2) is 6.95. The van der Waals surface area contributed by atoms with Gasteiger partial charge in [0.15, 0.2) is 0 Å². The minimum absolute atomic E-state index is 0.352. The summed E-state index contributed by atoms with van der Waals surface area (Å²) < 4.78 is 9.46. The maximum atomic E-state index is 11.5. The van der Waals surface area contributed by atoms with Gasteiger partial charge in [0.2, 0.25) is 5.91 Å². The van der Waals surface area contributed by atoms with E-state index in [1.165, 1.54) is 0 Å². The number of aliphatic hydroxyl groups is 1. The molecule has 0 aromatic carbocycles. The van der Waals surface area contributed by atoms with Gasteiger partial charge in [-0.3, -0.25) is 9.59 Å². The summed E-state index contributed by atoms with van der Waals surface area (Å²) in [7, 11) is 1.13. The summed E-state index contributed by atoms with van der Waals surface area (Å²) in [5.41, 5.74) is -0.682. The van der Waals surface area contributed by atoms with Crippen LogP contribution in [0.25, 0.3) is 0 Å². The minimum atomic E-state index is -1.16. The van der Waals surface area contributed by atoms with Gasteiger partial charge in [-0.05, 0) is 20.8 Å². The van der Waals surface area contributed by atoms with Gasteiger partial charge in [-0.2, -0.15) is 0 Å². The Hall–Kier alpha value is -1.63. The molecule has 0 spiro atoms. The number of hydrogen-bond donors (Lipinski definition) is 2. The highest BCUT2D eigenvalue weighted by molar-refractivity contribution is 5.88. The molecule has 7 heteroatoms. The number of carbonyl (C=O) groups excluding carboxylic acids is 3. The van der Waals surface area contributed by atoms with Crippen molar-refractivity contribution in [1.29, 1.82) is 0 Å². The van der Waals surface area contributed by atoms with Crippen LogP contribution in [-0.4, -0.2) is 48.3 Å². The van der Waals surface area contributed by atoms with Crippen molar-refractivity contribution >= 4 is 17.8 Å². The Morgan fingerprint density at radius 1 is 1.28 bits per heavy atom. The predicted octanol–water partition coefficient (Wildman–Crippen LogP) is -0.632. The molecule has 0 aliphatic heterocycles. The topological polar surface area (TPSA) is 102 Å². The number of ether oxygens (including phenoxy) is 2. The number of hydrogen-bond acceptors (Lipinski definition) is 6. The fourth-order valence-corrected chi connectivity index (χ4v) is 1.13. The lowest BCUT2D eigenvalue weighted by Gasteiger charge is -2.21. The Kier molecular flexibility index (Phi) is 6.32. The van der Waals surface area contributed by atoms with Gasteiger partial charge in [-0.15, -0.1) is 0 Å². The zero-order valence-corrected chi connectivity index (χ0v) is 11.0. The van der Waals surface area contributed by atoms with E-state index in [1.807, 2.05) is 0 Å². The third kappa shape index (κ3) is 6.85. The molecule has 0 rings (SSSR count). The number of methoxy groups -OCH3 is 1. The first-order valence-electron chi connectivity index (χ1n) is 5.39. The summed E-state index contributed by atoms with van der Waals surface area (Å²) in [6.45, 7) is 4.28. The predicted molar refractivity (Wildman–Crippen MR) is 61.5 cm³/mol. The van der Waals surface area contributed by atoms with Crippen molar-refractivity contribution in [3.63, 3.8) is 0 Å². The largest absolute Gasteiger partial charge is 0.467 e. The number of amides is 1. The number of aliphatic hydroxyl groups excluding tert-OH is 1. The molecule has 104 valence electrons. The van der Waals surface area contributed by atoms with Crippen LogP contribution in [-0.2, 0) is 23.9 Å². The van der Waals surface area contributed by atoms with Gasteiger partial charge in [-0.25, -0.2) is 4.79 Å². The molecule has 0 aromatic heterocycles. The molecule has 0 unspecified atom stereocenters. The monoisotopic (exact) mass is 261 g/mol. The Balaban J connectivity index is 4.55. The first-order valence-corrected chi connectivity index (χ1v) is 5.39. The van der Waals surface area contributed by atoms with Crippen LogP contribution in [0.4, 0.5) is 0 Å². The Morgan fingerprint density at radius 2 is 1.83 bits per heavy atom. The molecule has 0 saturated heterocycles. The first-order chi connectivity index (χ1) is 8.19. The van der Waals surface area contributed by atoms with Crippen LogP contribution in [0.2, 0.25) is 0 Å². The average molecular weight is 261 g/mol. The van der Waals surface area contributed by atoms with Gasteiger partial charge in [-0.1, -0.05) is 0 Å². The third-order valence-corrected chi connectivity index (χ3v) is 1.76. The van der Waals surface area contributed by atoms with Crippen LogP contribution in [0.15, 0.2) is 0 Å². The summed E-state index contributed by atoms with van der Waals surface area (Å²) in [6, 6.07) is -1.16. The highest BCUT2D eigenvalue weighted by atomic mass is 16.6. The number of carbonyl (C=O) groups is 3. The van der Waals surface area contributed by atoms with E-state index < -0.39 is 36.1 Å². The normalized spacial score (nSPS) is 12.5. The first kappa shape index (κ1) is 16.4. The molecule has 0 fully saturated rings. The molecule has 0 saturated carbocycles. The molecular formula is C11H19NO6. The van der Waals surface area contributed by atoms with Gasteiger partial charge in [0.25, 0.3) is 0 Å². The number of esters is 2. The molecule has 0 heterocycles. The van der Waals surface area contributed by atoms with E-state index in [1.54, 1.807) is 20.8 Å². The zero-order valence-electron chi connectivity index (χ0n) is 11.0. The lowest BCUT2D eigenvalue weighted by atomic mass is 10.1. The van der Waals surface area contributed by atoms with Crippen molar-refractivity contribution in [1.82, 2.24) is 5.32 Å². The minimum Gasteiger partial charge on any atom is -0.467 e. The van der Waals surface area contributed by atoms with E-state index in [9.17, 15) is 14.4 Å². The Bertz CT molecular complexity index is 320. The molecule has 0 aromatic rings. The SMILES string of the molecule is COC(=O)[C@H](CC(=O)OC(C)(C)C)NC(=O)CO. The van der Waals surface area contributed by atoms with E-state index in [0.29, 0.717) is 0 Å². The van der Waals surface area contributed by atoms with E-state index in [4.69, 9.17) is 9.84 Å². The van der Waals surface area contributed by atoms with Crippen LogP contribution in [0, 0.1) is 0 Å². The molecular weight excluding hydrogens is 242 g/mol. The maximum absolute atomic E-state index is 11.5. The van der Waals surface area contributed by atoms with Crippen molar-refractivity contribution in [2.45, 2.75) is 38.8 Å². The highest BCUT2D eigenvalue weighted by Crippen LogP contribution is 2.09. The van der Waals surface area contributed by atoms with Crippen molar-refractivity contribution in [2.75, 3.05) is 13.7 Å². The smallest absolute Gasteiger partial charge is 0.328 e. The summed E-state index contributed by atoms with van der Waals surface area (Å²) in [5, 5.41) is 10.7. The van der Waals surface area contributed by atoms with E-state index in [2.05, 4.69) is 10.1 Å². The van der Waals surface area contributed by atoms with Crippen molar-refractivity contribution in [3.8, 4) is 0 Å². The summed E-state index contributed by atoms with van der Waals surface area (Å²) in [6.07, 6.45) is -0.352. The number of rotatable bonds is 5. The fourth-order valence-electron chi connectivity index (χ4n) is 1.13. The molecule has 2 N–H and O–H groups in total. The molecule has 18 heavy (non-hydrogen) atoms. The molecule has 1 amide bonds. The van der Waals surface area contributed by atoms with Crippen LogP contribution in [0.3, 0.4) is 0 Å². The van der Waals surface area contributed by atoms with Gasteiger partial charge in [0.1, 0.15) is 18.2 Å². The van der Waals surface area contributed by atoms with Crippen LogP contribution in [0.1, 0.15) is 27.2 Å². The number of nitrogens with one attached hydrogen (secondary N) is 1. The summed E-state index contributed by atoms with van der Waals surface area (Å²) >= 11 is 0. The lowest BCUT2D eigenvalue weighted by Crippen LogP contribution is -2.44. The summed E-state index contributed by atoms with van der Waals surface area (Å²) in [5.74, 6) is -2.19. The standard InChI is InChI=1S/C11H19NO6/c1-11(2,3)18-9(15)5-7(10(16)17-4)12-8(14)6-13/h7,13H,5-6H2,1-4H3,(H,12,14)/t7-/m0/s1. The fraction of sp³-hybridized carbons (Fsp3) is 0.727. The molecule has 0 aliphatic carbocycles. The molecule has 0 aliphatic rings. The highest BCUT2D eigenvalue weighted by Gasteiger charge is 2.27. The maximum Gasteiger partial charge on any atom is 0.328 e. The molecule has 7 nitrogen and oxygen atoms in total. The second-order valence-electron chi connectivity index (χ2n) is 4.59. The second-order valence-corrected chi connectivity index (χ2v) is 4.59. The Morgan fingerprint density at radius 3 is 2.22 bits per heavy atom. The molecule has 1 atom stereocenters. The van der Waals surface area contributed by atoms with Crippen LogP contribution in [0.5, 0.6) is 0 Å². The Labute approximate surface area is 105 Å². The van der Waals surface area contributed by atoms with Crippen molar-refractivity contribution in [3.05, 3.63) is 0 Å². The quantitative estimate of drug-likeness (QED) is 0.639. The summed E-state index contributed by atoms with van der Waals surface area (Å²) in [4.78, 5) is 33.8. The average Bonchev–Trinajstić information content (AvgIpc) is 2.24. The van der Waals surface area contributed by atoms with Crippen LogP contribution >= 0.6 is 0 Å². The van der Waals surface area contributed by atoms with Crippen LogP contribution < -0.4 is 5.32 Å². The van der Waals surface area contributed by atoms with Crippen molar-refractivity contribution in [2.24, 2.45) is 0 Å². The molecule has 0 radical (unpaired) electrons. The lowest BCUT2D eigenvalue weighted by molar-refractivity contribution is -0.159. The van der Waals surface area contributed by atoms with Gasteiger partial charge >= 0.3 is 11.9 Å². The molecule has 0 bridgehead atoms. The van der Waals surface area contributed by atoms with Gasteiger partial charge in [0.05, 0.1) is 13.5 Å². The van der Waals surface area contributed by atoms with Gasteiger partial charge in [0, 0.05) is 0 Å². The van der Waals surface area contributed by atoms with E-state index in [-0.39, 0.29) is 6.42 Å². The van der Waals surface area contributed by atoms with E-state index in [0.717, 1.165) is 7.11 Å². The van der Waals surface area contributed by atoms with Gasteiger partial charge < -0.3 is 19.9 Å².